The fraction of sp³-hybridized carbons (Fsp3) is 0.571. The summed E-state index contributed by atoms with van der Waals surface area (Å²) in [5.74, 6) is 0.436. The SMILES string of the molecule is Cc1c(OC[C@H](O)CNCCO)ccc([C@H]2CCC[C@H]3CN(C(=O)c4ccc(C(F)(F)F)nc4)CCN32)c1C. The number of alkyl halides is 3. The molecule has 1 aromatic heterocycles. The molecule has 3 N–H and O–H groups in total. The van der Waals surface area contributed by atoms with Crippen molar-refractivity contribution in [1.82, 2.24) is 20.1 Å². The third-order valence-corrected chi connectivity index (χ3v) is 7.77. The number of nitrogens with one attached hydrogen (secondary N) is 1. The van der Waals surface area contributed by atoms with Crippen LogP contribution in [0, 0.1) is 13.8 Å². The highest BCUT2D eigenvalue weighted by Gasteiger charge is 2.38. The number of fused-ring (bicyclic) bond motifs is 1. The van der Waals surface area contributed by atoms with E-state index in [9.17, 15) is 23.1 Å². The Morgan fingerprint density at radius 3 is 2.67 bits per heavy atom. The monoisotopic (exact) mass is 550 g/mol. The van der Waals surface area contributed by atoms with Gasteiger partial charge in [0.05, 0.1) is 12.2 Å². The van der Waals surface area contributed by atoms with Crippen LogP contribution in [-0.4, -0.2) is 89.0 Å². The van der Waals surface area contributed by atoms with Gasteiger partial charge in [0.15, 0.2) is 0 Å². The number of amides is 1. The van der Waals surface area contributed by atoms with E-state index in [1.807, 2.05) is 13.0 Å². The van der Waals surface area contributed by atoms with Crippen LogP contribution in [0.2, 0.25) is 0 Å². The number of aliphatic hydroxyl groups is 2. The van der Waals surface area contributed by atoms with Crippen molar-refractivity contribution in [2.24, 2.45) is 0 Å². The number of aromatic nitrogens is 1. The summed E-state index contributed by atoms with van der Waals surface area (Å²) in [5.41, 5.74) is 2.54. The Hall–Kier alpha value is -2.73. The Morgan fingerprint density at radius 2 is 1.97 bits per heavy atom. The number of nitrogens with zero attached hydrogens (tertiary/aromatic N) is 3. The predicted octanol–water partition coefficient (Wildman–Crippen LogP) is 3.09. The van der Waals surface area contributed by atoms with Crippen LogP contribution >= 0.6 is 0 Å². The molecule has 2 aromatic rings. The second-order valence-electron chi connectivity index (χ2n) is 10.3. The quantitative estimate of drug-likeness (QED) is 0.413. The molecule has 0 spiro atoms. The lowest BCUT2D eigenvalue weighted by atomic mass is 9.86. The summed E-state index contributed by atoms with van der Waals surface area (Å²) >= 11 is 0. The highest BCUT2D eigenvalue weighted by Crippen LogP contribution is 2.39. The minimum Gasteiger partial charge on any atom is -0.491 e. The molecule has 0 unspecified atom stereocenters. The van der Waals surface area contributed by atoms with Gasteiger partial charge in [-0.05, 0) is 68.0 Å². The zero-order valence-electron chi connectivity index (χ0n) is 22.4. The fourth-order valence-electron chi connectivity index (χ4n) is 5.57. The van der Waals surface area contributed by atoms with Crippen molar-refractivity contribution in [3.63, 3.8) is 0 Å². The largest absolute Gasteiger partial charge is 0.491 e. The van der Waals surface area contributed by atoms with Crippen LogP contribution in [0.5, 0.6) is 5.75 Å². The highest BCUT2D eigenvalue weighted by molar-refractivity contribution is 5.94. The van der Waals surface area contributed by atoms with Gasteiger partial charge < -0.3 is 25.2 Å². The first kappa shape index (κ1) is 29.3. The van der Waals surface area contributed by atoms with Crippen LogP contribution in [0.4, 0.5) is 13.2 Å². The number of carbonyl (C=O) groups excluding carboxylic acids is 1. The number of piperidine rings is 1. The number of benzene rings is 1. The first-order valence-electron chi connectivity index (χ1n) is 13.4. The smallest absolute Gasteiger partial charge is 0.433 e. The van der Waals surface area contributed by atoms with Crippen LogP contribution in [0.1, 0.15) is 58.0 Å². The van der Waals surface area contributed by atoms with Gasteiger partial charge in [-0.15, -0.1) is 0 Å². The zero-order chi connectivity index (χ0) is 28.2. The van der Waals surface area contributed by atoms with Crippen LogP contribution in [0.15, 0.2) is 30.5 Å². The van der Waals surface area contributed by atoms with E-state index in [2.05, 4.69) is 28.2 Å². The summed E-state index contributed by atoms with van der Waals surface area (Å²) in [5, 5.41) is 21.9. The van der Waals surface area contributed by atoms with Crippen molar-refractivity contribution in [2.75, 3.05) is 45.9 Å². The molecule has 3 atom stereocenters. The molecule has 0 aliphatic carbocycles. The summed E-state index contributed by atoms with van der Waals surface area (Å²) in [7, 11) is 0. The number of hydrogen-bond acceptors (Lipinski definition) is 7. The second-order valence-corrected chi connectivity index (χ2v) is 10.3. The molecule has 1 amide bonds. The molecular weight excluding hydrogens is 513 g/mol. The molecule has 0 bridgehead atoms. The maximum Gasteiger partial charge on any atom is 0.433 e. The number of hydrogen-bond donors (Lipinski definition) is 3. The number of ether oxygens (including phenoxy) is 1. The zero-order valence-corrected chi connectivity index (χ0v) is 22.4. The Balaban J connectivity index is 1.40. The van der Waals surface area contributed by atoms with Crippen LogP contribution in [0.25, 0.3) is 0 Å². The first-order valence-corrected chi connectivity index (χ1v) is 13.4. The van der Waals surface area contributed by atoms with Crippen molar-refractivity contribution in [2.45, 2.75) is 57.5 Å². The van der Waals surface area contributed by atoms with Crippen molar-refractivity contribution in [3.05, 3.63) is 58.4 Å². The lowest BCUT2D eigenvalue weighted by Crippen LogP contribution is -2.57. The van der Waals surface area contributed by atoms with E-state index in [1.165, 1.54) is 11.6 Å². The fourth-order valence-corrected chi connectivity index (χ4v) is 5.57. The van der Waals surface area contributed by atoms with Crippen molar-refractivity contribution in [3.8, 4) is 5.75 Å². The topological polar surface area (TPSA) is 98.2 Å². The van der Waals surface area contributed by atoms with Gasteiger partial charge in [-0.2, -0.15) is 13.2 Å². The molecule has 4 rings (SSSR count). The van der Waals surface area contributed by atoms with Gasteiger partial charge in [0, 0.05) is 51.0 Å². The molecule has 11 heteroatoms. The third-order valence-electron chi connectivity index (χ3n) is 7.77. The number of aliphatic hydroxyl groups excluding tert-OH is 2. The van der Waals surface area contributed by atoms with Gasteiger partial charge in [0.25, 0.3) is 5.91 Å². The maximum absolute atomic E-state index is 13.0. The summed E-state index contributed by atoms with van der Waals surface area (Å²) in [6, 6.07) is 6.47. The minimum atomic E-state index is -4.54. The van der Waals surface area contributed by atoms with Crippen LogP contribution < -0.4 is 10.1 Å². The Morgan fingerprint density at radius 1 is 1.18 bits per heavy atom. The molecular formula is C28H37F3N4O4. The third kappa shape index (κ3) is 6.89. The normalized spacial score (nSPS) is 20.9. The number of carbonyl (C=O) groups is 1. The molecule has 1 aromatic carbocycles. The van der Waals surface area contributed by atoms with Crippen molar-refractivity contribution < 1.29 is 32.9 Å². The Bertz CT molecular complexity index is 1130. The van der Waals surface area contributed by atoms with Crippen LogP contribution in [0.3, 0.4) is 0 Å². The van der Waals surface area contributed by atoms with E-state index >= 15 is 0 Å². The average molecular weight is 551 g/mol. The molecule has 214 valence electrons. The van der Waals surface area contributed by atoms with E-state index < -0.39 is 18.0 Å². The summed E-state index contributed by atoms with van der Waals surface area (Å²) in [4.78, 5) is 20.7. The number of halogens is 3. The standard InChI is InChI=1S/C28H37F3N4O4/c1-18-19(2)25(39-17-22(37)15-32-10-13-36)8-7-23(18)24-5-3-4-21-16-34(11-12-35(21)24)27(38)20-6-9-26(33-14-20)28(29,30)31/h6-9,14,21-22,24,32,36-37H,3-5,10-13,15-17H2,1-2H3/t21-,22+,24+/m0/s1. The van der Waals surface area contributed by atoms with Gasteiger partial charge in [-0.3, -0.25) is 14.7 Å². The Kier molecular flexibility index (Phi) is 9.47. The van der Waals surface area contributed by atoms with Gasteiger partial charge in [-0.25, -0.2) is 0 Å². The average Bonchev–Trinajstić information content (AvgIpc) is 2.92. The number of rotatable bonds is 9. The molecule has 39 heavy (non-hydrogen) atoms. The predicted molar refractivity (Wildman–Crippen MR) is 140 cm³/mol. The van der Waals surface area contributed by atoms with E-state index in [4.69, 9.17) is 9.84 Å². The molecule has 8 nitrogen and oxygen atoms in total. The lowest BCUT2D eigenvalue weighted by Gasteiger charge is -2.48. The first-order chi connectivity index (χ1) is 18.6. The molecule has 2 aliphatic rings. The molecule has 0 radical (unpaired) electrons. The van der Waals surface area contributed by atoms with E-state index in [1.54, 1.807) is 4.90 Å². The van der Waals surface area contributed by atoms with Crippen molar-refractivity contribution >= 4 is 5.91 Å². The van der Waals surface area contributed by atoms with E-state index in [-0.39, 0.29) is 36.8 Å². The van der Waals surface area contributed by atoms with Crippen molar-refractivity contribution in [1.29, 1.82) is 0 Å². The molecule has 0 saturated carbocycles. The summed E-state index contributed by atoms with van der Waals surface area (Å²) < 4.78 is 44.4. The lowest BCUT2D eigenvalue weighted by molar-refractivity contribution is -0.141. The highest BCUT2D eigenvalue weighted by atomic mass is 19.4. The maximum atomic E-state index is 13.0. The van der Waals surface area contributed by atoms with Gasteiger partial charge in [0.1, 0.15) is 24.2 Å². The molecule has 2 saturated heterocycles. The molecule has 2 fully saturated rings. The minimum absolute atomic E-state index is 0.0113. The molecule has 2 aliphatic heterocycles. The number of piperazine rings is 1. The van der Waals surface area contributed by atoms with Crippen LogP contribution in [-0.2, 0) is 6.18 Å². The summed E-state index contributed by atoms with van der Waals surface area (Å²) in [6.45, 7) is 6.71. The van der Waals surface area contributed by atoms with Gasteiger partial charge >= 0.3 is 6.18 Å². The van der Waals surface area contributed by atoms with Gasteiger partial charge in [0.2, 0.25) is 0 Å². The van der Waals surface area contributed by atoms with E-state index in [0.29, 0.717) is 32.7 Å². The molecule has 3 heterocycles. The Labute approximate surface area is 226 Å². The van der Waals surface area contributed by atoms with E-state index in [0.717, 1.165) is 48.4 Å². The number of pyridine rings is 1. The van der Waals surface area contributed by atoms with Gasteiger partial charge in [-0.1, -0.05) is 6.07 Å². The second kappa shape index (κ2) is 12.6. The summed E-state index contributed by atoms with van der Waals surface area (Å²) in [6.07, 6.45) is -1.24.